The van der Waals surface area contributed by atoms with Gasteiger partial charge in [0.2, 0.25) is 11.8 Å². The van der Waals surface area contributed by atoms with E-state index < -0.39 is 5.97 Å². The van der Waals surface area contributed by atoms with Gasteiger partial charge in [0.15, 0.2) is 0 Å². The zero-order valence-corrected chi connectivity index (χ0v) is 16.0. The number of ether oxygens (including phenoxy) is 1. The van der Waals surface area contributed by atoms with Crippen LogP contribution in [0.5, 0.6) is 0 Å². The third-order valence-electron chi connectivity index (χ3n) is 5.54. The van der Waals surface area contributed by atoms with Crippen LogP contribution in [-0.2, 0) is 14.3 Å². The molecule has 1 aliphatic heterocycles. The van der Waals surface area contributed by atoms with Gasteiger partial charge in [-0.05, 0) is 30.4 Å². The number of nitrogens with zero attached hydrogens (tertiary/aromatic N) is 1. The maximum absolute atomic E-state index is 13.0. The first-order chi connectivity index (χ1) is 11.5. The lowest BCUT2D eigenvalue weighted by Crippen LogP contribution is -2.37. The number of benzene rings is 1. The molecular formula is C17H15Br2NO4. The molecule has 126 valence electrons. The highest BCUT2D eigenvalue weighted by Crippen LogP contribution is 2.60. The van der Waals surface area contributed by atoms with Crippen LogP contribution in [0.25, 0.3) is 0 Å². The maximum Gasteiger partial charge on any atom is 0.339 e. The lowest BCUT2D eigenvalue weighted by molar-refractivity contribution is -0.123. The van der Waals surface area contributed by atoms with Crippen LogP contribution >= 0.6 is 31.9 Å². The summed E-state index contributed by atoms with van der Waals surface area (Å²) in [5.74, 6) is -1.25. The highest BCUT2D eigenvalue weighted by molar-refractivity contribution is 9.12. The summed E-state index contributed by atoms with van der Waals surface area (Å²) in [4.78, 5) is 39.6. The summed E-state index contributed by atoms with van der Waals surface area (Å²) in [6, 6.07) is 6.60. The van der Waals surface area contributed by atoms with E-state index in [0.29, 0.717) is 5.69 Å². The number of halogens is 2. The van der Waals surface area contributed by atoms with Gasteiger partial charge >= 0.3 is 5.97 Å². The largest absolute Gasteiger partial charge is 0.465 e. The van der Waals surface area contributed by atoms with Crippen molar-refractivity contribution < 1.29 is 19.1 Å². The molecule has 1 saturated heterocycles. The van der Waals surface area contributed by atoms with Crippen LogP contribution in [0.3, 0.4) is 0 Å². The summed E-state index contributed by atoms with van der Waals surface area (Å²) in [5, 5.41) is 0. The fraction of sp³-hybridized carbons (Fsp3) is 0.471. The minimum atomic E-state index is -0.553. The van der Waals surface area contributed by atoms with E-state index in [0.717, 1.165) is 6.42 Å². The summed E-state index contributed by atoms with van der Waals surface area (Å²) in [5.41, 5.74) is 0.560. The average Bonchev–Trinajstić information content (AvgIpc) is 3.19. The van der Waals surface area contributed by atoms with Crippen molar-refractivity contribution in [3.63, 3.8) is 0 Å². The van der Waals surface area contributed by atoms with E-state index in [4.69, 9.17) is 4.74 Å². The van der Waals surface area contributed by atoms with Crippen molar-refractivity contribution in [1.29, 1.82) is 0 Å². The Hall–Kier alpha value is -1.21. The second-order valence-corrected chi connectivity index (χ2v) is 8.64. The number of imide groups is 1. The van der Waals surface area contributed by atoms with Crippen molar-refractivity contribution >= 4 is 55.3 Å². The molecule has 3 aliphatic rings. The van der Waals surface area contributed by atoms with Crippen LogP contribution in [0.15, 0.2) is 24.3 Å². The lowest BCUT2D eigenvalue weighted by atomic mass is 9.81. The molecule has 2 saturated carbocycles. The molecule has 0 N–H and O–H groups in total. The van der Waals surface area contributed by atoms with Gasteiger partial charge in [-0.1, -0.05) is 44.0 Å². The van der Waals surface area contributed by atoms with Gasteiger partial charge in [-0.15, -0.1) is 0 Å². The van der Waals surface area contributed by atoms with Crippen molar-refractivity contribution in [2.75, 3.05) is 12.0 Å². The monoisotopic (exact) mass is 455 g/mol. The molecule has 6 atom stereocenters. The summed E-state index contributed by atoms with van der Waals surface area (Å²) >= 11 is 7.33. The van der Waals surface area contributed by atoms with Crippen molar-refractivity contribution in [3.8, 4) is 0 Å². The van der Waals surface area contributed by atoms with Crippen LogP contribution in [0.4, 0.5) is 5.69 Å². The Labute approximate surface area is 156 Å². The van der Waals surface area contributed by atoms with Crippen LogP contribution in [0.2, 0.25) is 0 Å². The SMILES string of the molecule is COC(=O)c1ccccc1N1C(=O)[C@H]2[C@@H]3C[C@@H]([C@H](Br)[C@@H]3Br)[C@@H]2C1=O. The minimum Gasteiger partial charge on any atom is -0.465 e. The number of para-hydroxylation sites is 1. The van der Waals surface area contributed by atoms with Crippen LogP contribution in [0.1, 0.15) is 16.8 Å². The van der Waals surface area contributed by atoms with Gasteiger partial charge in [0.05, 0.1) is 30.2 Å². The highest BCUT2D eigenvalue weighted by atomic mass is 79.9. The number of alkyl halides is 2. The number of esters is 1. The normalized spacial score (nSPS) is 37.0. The molecule has 1 aromatic carbocycles. The molecule has 2 aliphatic carbocycles. The molecule has 0 spiro atoms. The molecular weight excluding hydrogens is 442 g/mol. The summed E-state index contributed by atoms with van der Waals surface area (Å²) in [6.45, 7) is 0. The van der Waals surface area contributed by atoms with Crippen molar-refractivity contribution in [1.82, 2.24) is 0 Å². The Bertz CT molecular complexity index is 720. The Kier molecular flexibility index (Phi) is 3.84. The van der Waals surface area contributed by atoms with E-state index >= 15 is 0 Å². The Morgan fingerprint density at radius 2 is 1.62 bits per heavy atom. The molecule has 0 aromatic heterocycles. The molecule has 4 rings (SSSR count). The summed E-state index contributed by atoms with van der Waals surface area (Å²) in [7, 11) is 1.28. The van der Waals surface area contributed by atoms with Gasteiger partial charge in [0.25, 0.3) is 0 Å². The third kappa shape index (κ3) is 2.00. The van der Waals surface area contributed by atoms with Crippen LogP contribution in [-0.4, -0.2) is 34.5 Å². The van der Waals surface area contributed by atoms with E-state index in [1.54, 1.807) is 24.3 Å². The van der Waals surface area contributed by atoms with E-state index in [-0.39, 0.29) is 50.7 Å². The fourth-order valence-corrected chi connectivity index (χ4v) is 6.41. The van der Waals surface area contributed by atoms with Crippen LogP contribution in [0, 0.1) is 23.7 Å². The van der Waals surface area contributed by atoms with Crippen molar-refractivity contribution in [2.45, 2.75) is 16.1 Å². The molecule has 0 unspecified atom stereocenters. The Morgan fingerprint density at radius 3 is 2.17 bits per heavy atom. The van der Waals surface area contributed by atoms with Gasteiger partial charge in [-0.2, -0.15) is 0 Å². The molecule has 7 heteroatoms. The number of hydrogen-bond donors (Lipinski definition) is 0. The number of methoxy groups -OCH3 is 1. The van der Waals surface area contributed by atoms with E-state index in [1.165, 1.54) is 12.0 Å². The molecule has 5 nitrogen and oxygen atoms in total. The first-order valence-electron chi connectivity index (χ1n) is 7.80. The number of rotatable bonds is 2. The number of anilines is 1. The third-order valence-corrected chi connectivity index (χ3v) is 8.74. The zero-order valence-electron chi connectivity index (χ0n) is 12.8. The van der Waals surface area contributed by atoms with Crippen LogP contribution < -0.4 is 4.90 Å². The Morgan fingerprint density at radius 1 is 1.08 bits per heavy atom. The number of carbonyl (C=O) groups excluding carboxylic acids is 3. The van der Waals surface area contributed by atoms with E-state index in [1.807, 2.05) is 0 Å². The van der Waals surface area contributed by atoms with Gasteiger partial charge < -0.3 is 4.74 Å². The quantitative estimate of drug-likeness (QED) is 0.390. The van der Waals surface area contributed by atoms with Gasteiger partial charge in [-0.3, -0.25) is 9.59 Å². The van der Waals surface area contributed by atoms with E-state index in [9.17, 15) is 14.4 Å². The van der Waals surface area contributed by atoms with Gasteiger partial charge in [-0.25, -0.2) is 9.69 Å². The highest BCUT2D eigenvalue weighted by Gasteiger charge is 2.66. The van der Waals surface area contributed by atoms with Gasteiger partial charge in [0.1, 0.15) is 0 Å². The molecule has 0 radical (unpaired) electrons. The zero-order chi connectivity index (χ0) is 17.2. The predicted octanol–water partition coefficient (Wildman–Crippen LogP) is 2.76. The predicted molar refractivity (Wildman–Crippen MR) is 94.3 cm³/mol. The molecule has 2 bridgehead atoms. The molecule has 24 heavy (non-hydrogen) atoms. The first-order valence-corrected chi connectivity index (χ1v) is 9.63. The number of carbonyl (C=O) groups is 3. The Balaban J connectivity index is 1.76. The molecule has 1 aromatic rings. The smallest absolute Gasteiger partial charge is 0.339 e. The maximum atomic E-state index is 13.0. The van der Waals surface area contributed by atoms with Gasteiger partial charge in [0, 0.05) is 9.65 Å². The summed E-state index contributed by atoms with van der Waals surface area (Å²) < 4.78 is 4.79. The topological polar surface area (TPSA) is 63.7 Å². The molecule has 3 fully saturated rings. The van der Waals surface area contributed by atoms with E-state index in [2.05, 4.69) is 31.9 Å². The summed E-state index contributed by atoms with van der Waals surface area (Å²) in [6.07, 6.45) is 0.880. The molecule has 1 heterocycles. The fourth-order valence-electron chi connectivity index (χ4n) is 4.54. The average molecular weight is 457 g/mol. The number of fused-ring (bicyclic) bond motifs is 5. The number of amides is 2. The minimum absolute atomic E-state index is 0.149. The standard InChI is InChI=1S/C17H15Br2NO4/c1-24-17(23)7-4-2-3-5-10(7)20-15(21)11-8-6-9(12(11)16(20)22)14(19)13(8)18/h2-5,8-9,11-14H,6H2,1H3/t8-,9+,11-,12-,13+,14-/m0/s1. The first kappa shape index (κ1) is 16.3. The molecule has 2 amide bonds. The second kappa shape index (κ2) is 5.66. The van der Waals surface area contributed by atoms with Crippen molar-refractivity contribution in [3.05, 3.63) is 29.8 Å². The lowest BCUT2D eigenvalue weighted by Gasteiger charge is -2.28. The van der Waals surface area contributed by atoms with Crippen molar-refractivity contribution in [2.24, 2.45) is 23.7 Å². The number of hydrogen-bond acceptors (Lipinski definition) is 4. The second-order valence-electron chi connectivity index (χ2n) is 6.52.